The molecular formula is C12H12N6O3S2. The van der Waals surface area contributed by atoms with Gasteiger partial charge in [0.1, 0.15) is 0 Å². The average Bonchev–Trinajstić information content (AvgIpc) is 3.13. The van der Waals surface area contributed by atoms with E-state index in [1.165, 1.54) is 35.2 Å². The van der Waals surface area contributed by atoms with E-state index in [0.717, 1.165) is 15.5 Å². The molecule has 0 atom stereocenters. The van der Waals surface area contributed by atoms with E-state index >= 15 is 0 Å². The first-order valence-corrected chi connectivity index (χ1v) is 8.32. The molecule has 2 aromatic rings. The summed E-state index contributed by atoms with van der Waals surface area (Å²) in [4.78, 5) is 14.1. The third-order valence-electron chi connectivity index (χ3n) is 3.11. The van der Waals surface area contributed by atoms with E-state index in [1.807, 2.05) is 0 Å². The van der Waals surface area contributed by atoms with Gasteiger partial charge in [-0.25, -0.2) is 4.98 Å². The lowest BCUT2D eigenvalue weighted by Crippen LogP contribution is -2.16. The highest BCUT2D eigenvalue weighted by Gasteiger charge is 2.35. The highest BCUT2D eigenvalue weighted by Crippen LogP contribution is 2.44. The lowest BCUT2D eigenvalue weighted by molar-refractivity contribution is -0.384. The molecular weight excluding hydrogens is 340 g/mol. The molecule has 0 unspecified atom stereocenters. The lowest BCUT2D eigenvalue weighted by atomic mass is 10.3. The molecule has 1 aromatic heterocycles. The maximum atomic E-state index is 10.8. The zero-order valence-electron chi connectivity index (χ0n) is 12.1. The second-order valence-corrected chi connectivity index (χ2v) is 7.24. The van der Waals surface area contributed by atoms with Gasteiger partial charge in [-0.2, -0.15) is 0 Å². The quantitative estimate of drug-likeness (QED) is 0.420. The highest BCUT2D eigenvalue weighted by molar-refractivity contribution is 8.02. The summed E-state index contributed by atoms with van der Waals surface area (Å²) in [5.41, 5.74) is 0.759. The van der Waals surface area contributed by atoms with Crippen LogP contribution in [0, 0.1) is 10.1 Å². The molecule has 0 radical (unpaired) electrons. The van der Waals surface area contributed by atoms with Crippen molar-refractivity contribution < 1.29 is 9.66 Å². The Morgan fingerprint density at radius 2 is 2.17 bits per heavy atom. The van der Waals surface area contributed by atoms with Gasteiger partial charge in [0.15, 0.2) is 4.34 Å². The van der Waals surface area contributed by atoms with Crippen LogP contribution in [-0.4, -0.2) is 28.6 Å². The lowest BCUT2D eigenvalue weighted by Gasteiger charge is -2.16. The van der Waals surface area contributed by atoms with E-state index in [2.05, 4.69) is 25.7 Å². The maximum Gasteiger partial charge on any atom is 0.270 e. The fourth-order valence-electron chi connectivity index (χ4n) is 2.03. The molecule has 1 aliphatic rings. The van der Waals surface area contributed by atoms with Crippen molar-refractivity contribution in [2.45, 2.75) is 22.2 Å². The number of nitrogens with zero attached hydrogens (tertiary/aromatic N) is 6. The van der Waals surface area contributed by atoms with Crippen molar-refractivity contribution in [3.8, 4) is 0 Å². The van der Waals surface area contributed by atoms with Crippen LogP contribution in [0.2, 0.25) is 0 Å². The first-order chi connectivity index (χ1) is 11.1. The molecule has 0 bridgehead atoms. The van der Waals surface area contributed by atoms with Crippen molar-refractivity contribution in [2.24, 2.45) is 20.7 Å². The molecule has 0 amide bonds. The number of thioether (sulfide) groups is 1. The molecule has 0 saturated heterocycles. The maximum absolute atomic E-state index is 10.8. The van der Waals surface area contributed by atoms with Crippen LogP contribution in [0.25, 0.3) is 10.2 Å². The molecule has 3 rings (SSSR count). The topological polar surface area (TPSA) is 115 Å². The molecule has 23 heavy (non-hydrogen) atoms. The number of nitro groups is 1. The van der Waals surface area contributed by atoms with E-state index in [9.17, 15) is 10.1 Å². The molecule has 9 nitrogen and oxygen atoms in total. The first-order valence-electron chi connectivity index (χ1n) is 6.69. The standard InChI is InChI=1S/C12H12N6O3S2/c1-21-6-2-5-12(14-16-17-15-12)23-11-13-9-4-3-8(18(19)20)7-10(9)22-11/h3-4,7H,2,5-6H2,1H3. The van der Waals surface area contributed by atoms with Gasteiger partial charge in [-0.15, -0.1) is 21.6 Å². The first kappa shape index (κ1) is 15.9. The average molecular weight is 352 g/mol. The highest BCUT2D eigenvalue weighted by atomic mass is 32.2. The molecule has 0 fully saturated rings. The number of fused-ring (bicyclic) bond motifs is 1. The Morgan fingerprint density at radius 1 is 1.39 bits per heavy atom. The van der Waals surface area contributed by atoms with Gasteiger partial charge in [0.25, 0.3) is 5.69 Å². The summed E-state index contributed by atoms with van der Waals surface area (Å²) < 4.78 is 6.52. The number of ether oxygens (including phenoxy) is 1. The molecule has 120 valence electrons. The van der Waals surface area contributed by atoms with Gasteiger partial charge in [0.2, 0.25) is 4.99 Å². The molecule has 2 heterocycles. The molecule has 1 aromatic carbocycles. The number of nitro benzene ring substituents is 1. The predicted octanol–water partition coefficient (Wildman–Crippen LogP) is 4.21. The number of thiazole rings is 1. The summed E-state index contributed by atoms with van der Waals surface area (Å²) in [6.45, 7) is 0.597. The minimum Gasteiger partial charge on any atom is -0.385 e. The van der Waals surface area contributed by atoms with Crippen molar-refractivity contribution in [3.05, 3.63) is 28.3 Å². The zero-order valence-corrected chi connectivity index (χ0v) is 13.7. The fourth-order valence-corrected chi connectivity index (χ4v) is 4.42. The number of hydrogen-bond acceptors (Lipinski definition) is 10. The van der Waals surface area contributed by atoms with Gasteiger partial charge >= 0.3 is 0 Å². The van der Waals surface area contributed by atoms with E-state index in [1.54, 1.807) is 13.2 Å². The zero-order chi connectivity index (χ0) is 16.3. The van der Waals surface area contributed by atoms with E-state index in [-0.39, 0.29) is 5.69 Å². The Labute approximate surface area is 139 Å². The van der Waals surface area contributed by atoms with Gasteiger partial charge in [0.05, 0.1) is 15.1 Å². The van der Waals surface area contributed by atoms with Crippen LogP contribution in [0.3, 0.4) is 0 Å². The van der Waals surface area contributed by atoms with Crippen molar-refractivity contribution in [3.63, 3.8) is 0 Å². The van der Waals surface area contributed by atoms with E-state index in [4.69, 9.17) is 4.74 Å². The second kappa shape index (κ2) is 6.64. The van der Waals surface area contributed by atoms with E-state index in [0.29, 0.717) is 18.5 Å². The molecule has 0 saturated carbocycles. The van der Waals surface area contributed by atoms with E-state index < -0.39 is 9.92 Å². The SMILES string of the molecule is COCCCC1(Sc2nc3ccc([N+](=O)[O-])cc3s2)N=NN=N1. The number of hydrogen-bond donors (Lipinski definition) is 0. The van der Waals surface area contributed by atoms with Crippen LogP contribution in [0.15, 0.2) is 43.2 Å². The fraction of sp³-hybridized carbons (Fsp3) is 0.417. The smallest absolute Gasteiger partial charge is 0.270 e. The van der Waals surface area contributed by atoms with Crippen LogP contribution >= 0.6 is 23.1 Å². The summed E-state index contributed by atoms with van der Waals surface area (Å²) >= 11 is 2.72. The summed E-state index contributed by atoms with van der Waals surface area (Å²) in [5.74, 6) is 0. The van der Waals surface area contributed by atoms with Gasteiger partial charge in [-0.05, 0) is 34.7 Å². The third-order valence-corrected chi connectivity index (χ3v) is 5.38. The van der Waals surface area contributed by atoms with Crippen LogP contribution in [0.4, 0.5) is 5.69 Å². The molecule has 0 aliphatic carbocycles. The Hall–Kier alpha value is -1.98. The monoisotopic (exact) mass is 352 g/mol. The Bertz CT molecular complexity index is 778. The normalized spacial score (nSPS) is 15.5. The van der Waals surface area contributed by atoms with Crippen molar-refractivity contribution in [1.82, 2.24) is 4.98 Å². The van der Waals surface area contributed by atoms with Crippen molar-refractivity contribution in [1.29, 1.82) is 0 Å². The van der Waals surface area contributed by atoms with Gasteiger partial charge in [-0.3, -0.25) is 10.1 Å². The predicted molar refractivity (Wildman–Crippen MR) is 85.7 cm³/mol. The van der Waals surface area contributed by atoms with Gasteiger partial charge < -0.3 is 4.74 Å². The summed E-state index contributed by atoms with van der Waals surface area (Å²) in [6, 6.07) is 4.61. The second-order valence-electron chi connectivity index (χ2n) is 4.71. The van der Waals surface area contributed by atoms with Crippen molar-refractivity contribution >= 4 is 39.0 Å². The molecule has 1 aliphatic heterocycles. The number of aromatic nitrogens is 1. The van der Waals surface area contributed by atoms with Crippen molar-refractivity contribution in [2.75, 3.05) is 13.7 Å². The van der Waals surface area contributed by atoms with Crippen LogP contribution < -0.4 is 0 Å². The van der Waals surface area contributed by atoms with Gasteiger partial charge in [-0.1, -0.05) is 0 Å². The van der Waals surface area contributed by atoms with Crippen LogP contribution in [-0.2, 0) is 4.74 Å². The summed E-state index contributed by atoms with van der Waals surface area (Å²) in [5, 5.41) is 26.3. The van der Waals surface area contributed by atoms with Crippen LogP contribution in [0.1, 0.15) is 12.8 Å². The molecule has 0 N–H and O–H groups in total. The number of benzene rings is 1. The largest absolute Gasteiger partial charge is 0.385 e. The Morgan fingerprint density at radius 3 is 2.87 bits per heavy atom. The summed E-state index contributed by atoms with van der Waals surface area (Å²) in [7, 11) is 1.64. The minimum atomic E-state index is -0.821. The van der Waals surface area contributed by atoms with Crippen LogP contribution in [0.5, 0.6) is 0 Å². The Kier molecular flexibility index (Phi) is 4.59. The Balaban J connectivity index is 1.83. The van der Waals surface area contributed by atoms with Gasteiger partial charge in [0, 0.05) is 32.3 Å². The third kappa shape index (κ3) is 3.51. The molecule has 11 heteroatoms. The summed E-state index contributed by atoms with van der Waals surface area (Å²) in [6.07, 6.45) is 1.38. The number of non-ortho nitro benzene ring substituents is 1. The minimum absolute atomic E-state index is 0.0488. The number of methoxy groups -OCH3 is 1. The molecule has 0 spiro atoms. The number of rotatable bonds is 7.